The number of primary amides is 1. The molecular weight excluding hydrogens is 264 g/mol. The Morgan fingerprint density at radius 3 is 2.62 bits per heavy atom. The number of nitrogens with two attached hydrogens (primary N) is 2. The van der Waals surface area contributed by atoms with E-state index in [1.54, 1.807) is 6.92 Å². The van der Waals surface area contributed by atoms with Crippen LogP contribution in [0.15, 0.2) is 30.3 Å². The van der Waals surface area contributed by atoms with Crippen LogP contribution >= 0.6 is 0 Å². The zero-order valence-electron chi connectivity index (χ0n) is 13.0. The van der Waals surface area contributed by atoms with Crippen LogP contribution in [-0.4, -0.2) is 54.5 Å². The lowest BCUT2D eigenvalue weighted by atomic mass is 9.96. The number of likely N-dealkylation sites (N-methyl/N-ethyl adjacent to an activating group) is 1. The van der Waals surface area contributed by atoms with Crippen molar-refractivity contribution in [2.24, 2.45) is 11.5 Å². The molecule has 1 heterocycles. The van der Waals surface area contributed by atoms with Crippen LogP contribution in [0, 0.1) is 0 Å². The monoisotopic (exact) mass is 290 g/mol. The highest BCUT2D eigenvalue weighted by molar-refractivity contribution is 5.83. The molecule has 0 saturated carbocycles. The molecule has 0 bridgehead atoms. The molecule has 5 heteroatoms. The summed E-state index contributed by atoms with van der Waals surface area (Å²) in [5.74, 6) is -0.437. The third kappa shape index (κ3) is 4.03. The van der Waals surface area contributed by atoms with Crippen molar-refractivity contribution >= 4 is 5.91 Å². The van der Waals surface area contributed by atoms with Gasteiger partial charge in [0.15, 0.2) is 0 Å². The molecule has 0 aromatic heterocycles. The summed E-state index contributed by atoms with van der Waals surface area (Å²) in [6.07, 6.45) is 0.579. The van der Waals surface area contributed by atoms with Gasteiger partial charge < -0.3 is 16.4 Å². The predicted octanol–water partition coefficient (Wildman–Crippen LogP) is 0.568. The summed E-state index contributed by atoms with van der Waals surface area (Å²) in [5.41, 5.74) is 11.7. The summed E-state index contributed by atoms with van der Waals surface area (Å²) in [6, 6.07) is 10.8. The number of rotatable bonds is 5. The fraction of sp³-hybridized carbons (Fsp3) is 0.562. The van der Waals surface area contributed by atoms with E-state index in [1.807, 2.05) is 6.07 Å². The van der Waals surface area contributed by atoms with Gasteiger partial charge in [-0.05, 0) is 26.0 Å². The van der Waals surface area contributed by atoms with Crippen LogP contribution in [0.4, 0.5) is 0 Å². The van der Waals surface area contributed by atoms with Crippen LogP contribution in [-0.2, 0) is 4.79 Å². The van der Waals surface area contributed by atoms with Gasteiger partial charge in [-0.1, -0.05) is 30.3 Å². The highest BCUT2D eigenvalue weighted by Gasteiger charge is 2.30. The van der Waals surface area contributed by atoms with E-state index in [4.69, 9.17) is 11.5 Å². The average Bonchev–Trinajstić information content (AvgIpc) is 2.46. The largest absolute Gasteiger partial charge is 0.368 e. The molecule has 2 unspecified atom stereocenters. The molecule has 4 N–H and O–H groups in total. The number of hydrogen-bond acceptors (Lipinski definition) is 4. The number of piperazine rings is 1. The molecule has 0 radical (unpaired) electrons. The smallest absolute Gasteiger partial charge is 0.237 e. The summed E-state index contributed by atoms with van der Waals surface area (Å²) in [7, 11) is 2.14. The van der Waals surface area contributed by atoms with Gasteiger partial charge in [-0.15, -0.1) is 0 Å². The van der Waals surface area contributed by atoms with Gasteiger partial charge in [-0.2, -0.15) is 0 Å². The van der Waals surface area contributed by atoms with Crippen molar-refractivity contribution in [2.75, 3.05) is 33.2 Å². The van der Waals surface area contributed by atoms with Crippen molar-refractivity contribution < 1.29 is 4.79 Å². The molecule has 2 rings (SSSR count). The van der Waals surface area contributed by atoms with Gasteiger partial charge in [-0.25, -0.2) is 0 Å². The van der Waals surface area contributed by atoms with Crippen LogP contribution < -0.4 is 11.5 Å². The zero-order chi connectivity index (χ0) is 15.5. The third-order valence-electron chi connectivity index (χ3n) is 4.36. The number of hydrogen-bond donors (Lipinski definition) is 2. The molecule has 1 saturated heterocycles. The van der Waals surface area contributed by atoms with Crippen molar-refractivity contribution in [2.45, 2.75) is 24.9 Å². The Hall–Kier alpha value is -1.43. The number of amides is 1. The Bertz CT molecular complexity index is 474. The van der Waals surface area contributed by atoms with E-state index in [9.17, 15) is 4.79 Å². The van der Waals surface area contributed by atoms with Gasteiger partial charge in [0.25, 0.3) is 0 Å². The fourth-order valence-electron chi connectivity index (χ4n) is 2.72. The molecule has 1 aromatic rings. The quantitative estimate of drug-likeness (QED) is 0.831. The lowest BCUT2D eigenvalue weighted by Gasteiger charge is -2.41. The van der Waals surface area contributed by atoms with E-state index in [1.165, 1.54) is 5.56 Å². The van der Waals surface area contributed by atoms with E-state index < -0.39 is 11.4 Å². The predicted molar refractivity (Wildman–Crippen MR) is 84.7 cm³/mol. The number of carbonyl (C=O) groups excluding carboxylic acids is 1. The maximum Gasteiger partial charge on any atom is 0.237 e. The topological polar surface area (TPSA) is 75.6 Å². The van der Waals surface area contributed by atoms with Crippen molar-refractivity contribution in [3.8, 4) is 0 Å². The maximum absolute atomic E-state index is 11.4. The summed E-state index contributed by atoms with van der Waals surface area (Å²) in [5, 5.41) is 0. The molecular formula is C16H26N4O. The second kappa shape index (κ2) is 6.56. The number of carbonyl (C=O) groups is 1. The normalized spacial score (nSPS) is 23.7. The summed E-state index contributed by atoms with van der Waals surface area (Å²) >= 11 is 0. The Labute approximate surface area is 126 Å². The van der Waals surface area contributed by atoms with Crippen molar-refractivity contribution in [3.05, 3.63) is 35.9 Å². The zero-order valence-corrected chi connectivity index (χ0v) is 13.0. The fourth-order valence-corrected chi connectivity index (χ4v) is 2.72. The Kier molecular flexibility index (Phi) is 4.98. The van der Waals surface area contributed by atoms with Gasteiger partial charge in [-0.3, -0.25) is 9.69 Å². The highest BCUT2D eigenvalue weighted by atomic mass is 16.1. The second-order valence-electron chi connectivity index (χ2n) is 6.26. The molecule has 21 heavy (non-hydrogen) atoms. The van der Waals surface area contributed by atoms with Crippen molar-refractivity contribution in [1.82, 2.24) is 9.80 Å². The van der Waals surface area contributed by atoms with Crippen LogP contribution in [0.5, 0.6) is 0 Å². The minimum Gasteiger partial charge on any atom is -0.368 e. The molecule has 1 aliphatic rings. The van der Waals surface area contributed by atoms with E-state index >= 15 is 0 Å². The standard InChI is InChI=1S/C16H26N4O/c1-16(18,15(17)21)8-9-20-11-10-19(2)12-14(20)13-6-4-3-5-7-13/h3-7,14H,8-12,18H2,1-2H3,(H2,17,21). The second-order valence-corrected chi connectivity index (χ2v) is 6.26. The van der Waals surface area contributed by atoms with Crippen LogP contribution in [0.25, 0.3) is 0 Å². The lowest BCUT2D eigenvalue weighted by Crippen LogP contribution is -2.53. The van der Waals surface area contributed by atoms with Gasteiger partial charge in [0.2, 0.25) is 5.91 Å². The minimum absolute atomic E-state index is 0.341. The molecule has 2 atom stereocenters. The first-order valence-corrected chi connectivity index (χ1v) is 7.46. The molecule has 1 amide bonds. The highest BCUT2D eigenvalue weighted by Crippen LogP contribution is 2.25. The van der Waals surface area contributed by atoms with E-state index in [0.29, 0.717) is 12.5 Å². The molecule has 1 fully saturated rings. The van der Waals surface area contributed by atoms with Gasteiger partial charge >= 0.3 is 0 Å². The summed E-state index contributed by atoms with van der Waals surface area (Å²) in [4.78, 5) is 16.1. The van der Waals surface area contributed by atoms with Gasteiger partial charge in [0.05, 0.1) is 5.54 Å². The first-order valence-electron chi connectivity index (χ1n) is 7.46. The molecule has 1 aromatic carbocycles. The van der Waals surface area contributed by atoms with E-state index in [-0.39, 0.29) is 0 Å². The third-order valence-corrected chi connectivity index (χ3v) is 4.36. The minimum atomic E-state index is -0.940. The Morgan fingerprint density at radius 2 is 2.00 bits per heavy atom. The van der Waals surface area contributed by atoms with E-state index in [2.05, 4.69) is 41.1 Å². The molecule has 0 aliphatic carbocycles. The molecule has 5 nitrogen and oxygen atoms in total. The van der Waals surface area contributed by atoms with E-state index in [0.717, 1.165) is 26.2 Å². The van der Waals surface area contributed by atoms with Crippen molar-refractivity contribution in [3.63, 3.8) is 0 Å². The lowest BCUT2D eigenvalue weighted by molar-refractivity contribution is -0.123. The first kappa shape index (κ1) is 15.9. The number of benzene rings is 1. The van der Waals surface area contributed by atoms with Gasteiger partial charge in [0, 0.05) is 32.2 Å². The van der Waals surface area contributed by atoms with Crippen LogP contribution in [0.3, 0.4) is 0 Å². The maximum atomic E-state index is 11.4. The number of nitrogens with zero attached hydrogens (tertiary/aromatic N) is 2. The Morgan fingerprint density at radius 1 is 1.33 bits per heavy atom. The van der Waals surface area contributed by atoms with Crippen molar-refractivity contribution in [1.29, 1.82) is 0 Å². The Balaban J connectivity index is 2.07. The average molecular weight is 290 g/mol. The van der Waals surface area contributed by atoms with Gasteiger partial charge in [0.1, 0.15) is 0 Å². The molecule has 1 aliphatic heterocycles. The first-order chi connectivity index (χ1) is 9.90. The molecule has 116 valence electrons. The van der Waals surface area contributed by atoms with Crippen LogP contribution in [0.1, 0.15) is 24.9 Å². The summed E-state index contributed by atoms with van der Waals surface area (Å²) < 4.78 is 0. The molecule has 0 spiro atoms. The summed E-state index contributed by atoms with van der Waals surface area (Å²) in [6.45, 7) is 5.49. The van der Waals surface area contributed by atoms with Crippen LogP contribution in [0.2, 0.25) is 0 Å². The SMILES string of the molecule is CN1CCN(CCC(C)(N)C(N)=O)C(c2ccccc2)C1.